The van der Waals surface area contributed by atoms with Gasteiger partial charge in [-0.25, -0.2) is 9.78 Å². The predicted molar refractivity (Wildman–Crippen MR) is 87.1 cm³/mol. The van der Waals surface area contributed by atoms with Crippen LogP contribution in [0.15, 0.2) is 54.6 Å². The summed E-state index contributed by atoms with van der Waals surface area (Å²) in [4.78, 5) is 15.1. The van der Waals surface area contributed by atoms with Crippen molar-refractivity contribution in [2.75, 3.05) is 7.11 Å². The summed E-state index contributed by atoms with van der Waals surface area (Å²) in [5, 5.41) is 0. The van der Waals surface area contributed by atoms with E-state index in [0.29, 0.717) is 11.3 Å². The average molecular weight is 346 g/mol. The van der Waals surface area contributed by atoms with E-state index in [4.69, 9.17) is 0 Å². The van der Waals surface area contributed by atoms with Gasteiger partial charge in [-0.1, -0.05) is 30.3 Å². The fourth-order valence-corrected chi connectivity index (χ4v) is 2.53. The van der Waals surface area contributed by atoms with Crippen LogP contribution in [0.25, 0.3) is 22.8 Å². The van der Waals surface area contributed by atoms with Crippen LogP contribution in [-0.2, 0) is 15.7 Å². The number of carbonyl (C=O) groups excluding carboxylic acids is 1. The standard InChI is InChI=1S/C18H13F3N2O2/c1-25-15(24)11-10-12-6-5-9-14-16(12)23(13-7-3-2-4-8-13)17(22-14)18(19,20)21/h2-11H,1H3/b11-10+. The Labute approximate surface area is 141 Å². The molecular formula is C18H13F3N2O2. The van der Waals surface area contributed by atoms with E-state index in [1.54, 1.807) is 42.5 Å². The minimum absolute atomic E-state index is 0.184. The van der Waals surface area contributed by atoms with Crippen molar-refractivity contribution in [3.05, 3.63) is 66.0 Å². The lowest BCUT2D eigenvalue weighted by Crippen LogP contribution is -2.14. The number of esters is 1. The zero-order valence-electron chi connectivity index (χ0n) is 13.1. The highest BCUT2D eigenvalue weighted by atomic mass is 19.4. The minimum atomic E-state index is -4.63. The molecule has 25 heavy (non-hydrogen) atoms. The van der Waals surface area contributed by atoms with Gasteiger partial charge < -0.3 is 4.74 Å². The molecule has 0 unspecified atom stereocenters. The van der Waals surface area contributed by atoms with Crippen molar-refractivity contribution in [3.8, 4) is 5.69 Å². The molecule has 0 N–H and O–H groups in total. The number of para-hydroxylation sites is 2. The van der Waals surface area contributed by atoms with Crippen molar-refractivity contribution < 1.29 is 22.7 Å². The number of aromatic nitrogens is 2. The van der Waals surface area contributed by atoms with Gasteiger partial charge in [0.1, 0.15) is 0 Å². The third kappa shape index (κ3) is 3.26. The van der Waals surface area contributed by atoms with Gasteiger partial charge in [0.25, 0.3) is 0 Å². The van der Waals surface area contributed by atoms with Crippen molar-refractivity contribution in [1.82, 2.24) is 9.55 Å². The number of nitrogens with zero attached hydrogens (tertiary/aromatic N) is 2. The van der Waals surface area contributed by atoms with Crippen LogP contribution in [0.2, 0.25) is 0 Å². The molecule has 7 heteroatoms. The minimum Gasteiger partial charge on any atom is -0.466 e. The monoisotopic (exact) mass is 346 g/mol. The van der Waals surface area contributed by atoms with Crippen LogP contribution in [-0.4, -0.2) is 22.6 Å². The first kappa shape index (κ1) is 16.8. The first-order chi connectivity index (χ1) is 11.9. The third-order valence-electron chi connectivity index (χ3n) is 3.58. The number of alkyl halides is 3. The first-order valence-corrected chi connectivity index (χ1v) is 7.32. The molecule has 128 valence electrons. The van der Waals surface area contributed by atoms with Crippen LogP contribution in [0.3, 0.4) is 0 Å². The molecule has 1 heterocycles. The van der Waals surface area contributed by atoms with Crippen molar-refractivity contribution >= 4 is 23.1 Å². The number of halogens is 3. The lowest BCUT2D eigenvalue weighted by atomic mass is 10.1. The molecule has 0 atom stereocenters. The maximum absolute atomic E-state index is 13.5. The molecule has 0 spiro atoms. The summed E-state index contributed by atoms with van der Waals surface area (Å²) in [7, 11) is 1.23. The van der Waals surface area contributed by atoms with E-state index in [-0.39, 0.29) is 11.0 Å². The molecule has 0 aliphatic carbocycles. The molecular weight excluding hydrogens is 333 g/mol. The maximum Gasteiger partial charge on any atom is 0.450 e. The highest BCUT2D eigenvalue weighted by molar-refractivity contribution is 5.93. The lowest BCUT2D eigenvalue weighted by molar-refractivity contribution is -0.145. The van der Waals surface area contributed by atoms with Crippen LogP contribution >= 0.6 is 0 Å². The molecule has 3 rings (SSSR count). The summed E-state index contributed by atoms with van der Waals surface area (Å²) in [5.41, 5.74) is 1.20. The fraction of sp³-hybridized carbons (Fsp3) is 0.111. The van der Waals surface area contributed by atoms with E-state index in [2.05, 4.69) is 9.72 Å². The Hall–Kier alpha value is -3.09. The van der Waals surface area contributed by atoms with Crippen molar-refractivity contribution in [2.24, 2.45) is 0 Å². The highest BCUT2D eigenvalue weighted by Crippen LogP contribution is 2.35. The summed E-state index contributed by atoms with van der Waals surface area (Å²) < 4.78 is 46.1. The molecule has 0 radical (unpaired) electrons. The van der Waals surface area contributed by atoms with Gasteiger partial charge in [-0.2, -0.15) is 13.2 Å². The SMILES string of the molecule is COC(=O)/C=C/c1cccc2nc(C(F)(F)F)n(-c3ccccc3)c12. The quantitative estimate of drug-likeness (QED) is 0.527. The van der Waals surface area contributed by atoms with Gasteiger partial charge in [-0.3, -0.25) is 4.57 Å². The Morgan fingerprint density at radius 3 is 2.48 bits per heavy atom. The van der Waals surface area contributed by atoms with Gasteiger partial charge in [0.15, 0.2) is 0 Å². The smallest absolute Gasteiger partial charge is 0.450 e. The Balaban J connectivity index is 2.33. The van der Waals surface area contributed by atoms with Gasteiger partial charge in [-0.15, -0.1) is 0 Å². The van der Waals surface area contributed by atoms with Crippen LogP contribution in [0.5, 0.6) is 0 Å². The van der Waals surface area contributed by atoms with Crippen molar-refractivity contribution in [3.63, 3.8) is 0 Å². The summed E-state index contributed by atoms with van der Waals surface area (Å²) in [5.74, 6) is -1.62. The molecule has 0 aliphatic heterocycles. The molecule has 0 aliphatic rings. The molecule has 0 saturated carbocycles. The third-order valence-corrected chi connectivity index (χ3v) is 3.58. The summed E-state index contributed by atoms with van der Waals surface area (Å²) >= 11 is 0. The first-order valence-electron chi connectivity index (χ1n) is 7.32. The molecule has 1 aromatic heterocycles. The van der Waals surface area contributed by atoms with Gasteiger partial charge in [0.05, 0.1) is 18.1 Å². The van der Waals surface area contributed by atoms with Crippen LogP contribution < -0.4 is 0 Å². The molecule has 0 amide bonds. The predicted octanol–water partition coefficient (Wildman–Crippen LogP) is 4.23. The van der Waals surface area contributed by atoms with Gasteiger partial charge >= 0.3 is 12.1 Å². The molecule has 0 fully saturated rings. The van der Waals surface area contributed by atoms with Gasteiger partial charge in [-0.05, 0) is 24.3 Å². The van der Waals surface area contributed by atoms with Gasteiger partial charge in [0, 0.05) is 17.3 Å². The van der Waals surface area contributed by atoms with Crippen LogP contribution in [0.4, 0.5) is 13.2 Å². The number of rotatable bonds is 3. The fourth-order valence-electron chi connectivity index (χ4n) is 2.53. The number of carbonyl (C=O) groups is 1. The number of ether oxygens (including phenoxy) is 1. The number of fused-ring (bicyclic) bond motifs is 1. The van der Waals surface area contributed by atoms with Crippen LogP contribution in [0, 0.1) is 0 Å². The number of hydrogen-bond acceptors (Lipinski definition) is 3. The summed E-state index contributed by atoms with van der Waals surface area (Å²) in [6, 6.07) is 12.8. The van der Waals surface area contributed by atoms with Crippen molar-refractivity contribution in [1.29, 1.82) is 0 Å². The largest absolute Gasteiger partial charge is 0.466 e. The van der Waals surface area contributed by atoms with E-state index in [9.17, 15) is 18.0 Å². The number of hydrogen-bond donors (Lipinski definition) is 0. The molecule has 0 saturated heterocycles. The number of methoxy groups -OCH3 is 1. The zero-order valence-corrected chi connectivity index (χ0v) is 13.1. The van der Waals surface area contributed by atoms with E-state index < -0.39 is 18.0 Å². The normalized spacial score (nSPS) is 12.0. The number of benzene rings is 2. The Bertz CT molecular complexity index is 944. The Morgan fingerprint density at radius 2 is 1.84 bits per heavy atom. The zero-order chi connectivity index (χ0) is 18.0. The van der Waals surface area contributed by atoms with E-state index in [1.165, 1.54) is 19.3 Å². The molecule has 3 aromatic rings. The Morgan fingerprint density at radius 1 is 1.12 bits per heavy atom. The second kappa shape index (κ2) is 6.43. The summed E-state index contributed by atoms with van der Waals surface area (Å²) in [6.07, 6.45) is -2.06. The number of imidazole rings is 1. The average Bonchev–Trinajstić information content (AvgIpc) is 3.01. The second-order valence-electron chi connectivity index (χ2n) is 5.18. The summed E-state index contributed by atoms with van der Waals surface area (Å²) in [6.45, 7) is 0. The topological polar surface area (TPSA) is 44.1 Å². The molecule has 2 aromatic carbocycles. The van der Waals surface area contributed by atoms with Crippen molar-refractivity contribution in [2.45, 2.75) is 6.18 Å². The van der Waals surface area contributed by atoms with Crippen LogP contribution in [0.1, 0.15) is 11.4 Å². The van der Waals surface area contributed by atoms with E-state index in [0.717, 1.165) is 10.6 Å². The van der Waals surface area contributed by atoms with E-state index in [1.807, 2.05) is 0 Å². The van der Waals surface area contributed by atoms with Gasteiger partial charge in [0.2, 0.25) is 5.82 Å². The van der Waals surface area contributed by atoms with E-state index >= 15 is 0 Å². The molecule has 0 bridgehead atoms. The lowest BCUT2D eigenvalue weighted by Gasteiger charge is -2.12. The molecule has 4 nitrogen and oxygen atoms in total. The highest BCUT2D eigenvalue weighted by Gasteiger charge is 2.38. The maximum atomic E-state index is 13.5. The second-order valence-corrected chi connectivity index (χ2v) is 5.18. The Kier molecular flexibility index (Phi) is 4.31.